The van der Waals surface area contributed by atoms with Gasteiger partial charge < -0.3 is 15.0 Å². The number of nitrogens with one attached hydrogen (secondary N) is 1. The molecule has 1 aromatic heterocycles. The Hall–Kier alpha value is -1.63. The van der Waals surface area contributed by atoms with Crippen molar-refractivity contribution in [1.29, 1.82) is 0 Å². The molecule has 1 aromatic rings. The number of likely N-dealkylation sites (tertiary alicyclic amines) is 1. The van der Waals surface area contributed by atoms with E-state index in [2.05, 4.69) is 22.3 Å². The summed E-state index contributed by atoms with van der Waals surface area (Å²) >= 11 is 0. The molecular formula is C18H31N5O2. The number of aryl methyl sites for hydroxylation is 1. The van der Waals surface area contributed by atoms with E-state index in [4.69, 9.17) is 4.74 Å². The predicted octanol–water partition coefficient (Wildman–Crippen LogP) is 2.36. The number of carbonyl (C=O) groups is 1. The van der Waals surface area contributed by atoms with Gasteiger partial charge in [0.1, 0.15) is 17.8 Å². The van der Waals surface area contributed by atoms with E-state index in [1.807, 2.05) is 30.4 Å². The molecule has 0 bridgehead atoms. The van der Waals surface area contributed by atoms with Crippen molar-refractivity contribution >= 4 is 6.09 Å². The Morgan fingerprint density at radius 3 is 3.00 bits per heavy atom. The van der Waals surface area contributed by atoms with Gasteiger partial charge in [-0.1, -0.05) is 0 Å². The highest BCUT2D eigenvalue weighted by molar-refractivity contribution is 5.68. The van der Waals surface area contributed by atoms with Gasteiger partial charge in [-0.3, -0.25) is 0 Å². The Bertz CT molecular complexity index is 595. The fourth-order valence-electron chi connectivity index (χ4n) is 3.89. The maximum atomic E-state index is 12.4. The normalized spacial score (nSPS) is 24.9. The molecule has 2 aliphatic rings. The van der Waals surface area contributed by atoms with Crippen LogP contribution in [0.2, 0.25) is 0 Å². The van der Waals surface area contributed by atoms with E-state index in [0.29, 0.717) is 12.1 Å². The maximum absolute atomic E-state index is 12.4. The highest BCUT2D eigenvalue weighted by Gasteiger charge is 2.33. The maximum Gasteiger partial charge on any atom is 0.410 e. The third-order valence-corrected chi connectivity index (χ3v) is 4.96. The lowest BCUT2D eigenvalue weighted by Gasteiger charge is -2.32. The van der Waals surface area contributed by atoms with E-state index >= 15 is 0 Å². The van der Waals surface area contributed by atoms with Crippen molar-refractivity contribution in [1.82, 2.24) is 25.0 Å². The molecule has 1 N–H and O–H groups in total. The lowest BCUT2D eigenvalue weighted by molar-refractivity contribution is 0.0213. The van der Waals surface area contributed by atoms with Crippen molar-refractivity contribution in [3.8, 4) is 0 Å². The van der Waals surface area contributed by atoms with Gasteiger partial charge in [0.25, 0.3) is 0 Å². The molecule has 1 saturated heterocycles. The molecular weight excluding hydrogens is 318 g/mol. The molecule has 7 nitrogen and oxygen atoms in total. The summed E-state index contributed by atoms with van der Waals surface area (Å²) in [6, 6.07) is 1.03. The van der Waals surface area contributed by atoms with Crippen molar-refractivity contribution in [2.75, 3.05) is 6.54 Å². The van der Waals surface area contributed by atoms with Gasteiger partial charge in [0.05, 0.1) is 6.54 Å². The number of amides is 1. The molecule has 0 saturated carbocycles. The lowest BCUT2D eigenvalue weighted by Crippen LogP contribution is -2.46. The molecule has 3 atom stereocenters. The smallest absolute Gasteiger partial charge is 0.410 e. The minimum atomic E-state index is -0.439. The van der Waals surface area contributed by atoms with Crippen LogP contribution in [-0.2, 0) is 17.7 Å². The number of rotatable bonds is 4. The van der Waals surface area contributed by atoms with Crippen LogP contribution in [0.25, 0.3) is 0 Å². The molecule has 0 aromatic carbocycles. The van der Waals surface area contributed by atoms with Gasteiger partial charge >= 0.3 is 6.09 Å². The average molecular weight is 349 g/mol. The Morgan fingerprint density at radius 1 is 1.44 bits per heavy atom. The number of nitrogens with zero attached hydrogens (tertiary/aromatic N) is 4. The van der Waals surface area contributed by atoms with Crippen LogP contribution in [0.1, 0.15) is 59.2 Å². The van der Waals surface area contributed by atoms with Crippen LogP contribution in [0.15, 0.2) is 6.33 Å². The van der Waals surface area contributed by atoms with E-state index in [0.717, 1.165) is 51.0 Å². The molecule has 140 valence electrons. The summed E-state index contributed by atoms with van der Waals surface area (Å²) in [5.74, 6) is 1.08. The van der Waals surface area contributed by atoms with E-state index in [9.17, 15) is 4.79 Å². The average Bonchev–Trinajstić information content (AvgIpc) is 3.13. The van der Waals surface area contributed by atoms with Crippen LogP contribution in [0, 0.1) is 0 Å². The molecule has 3 rings (SSSR count). The number of hydrogen-bond donors (Lipinski definition) is 1. The van der Waals surface area contributed by atoms with Crippen LogP contribution in [0.3, 0.4) is 0 Å². The first kappa shape index (κ1) is 18.2. The van der Waals surface area contributed by atoms with E-state index in [-0.39, 0.29) is 12.1 Å². The third kappa shape index (κ3) is 4.71. The zero-order valence-electron chi connectivity index (χ0n) is 15.9. The minimum Gasteiger partial charge on any atom is -0.444 e. The highest BCUT2D eigenvalue weighted by Crippen LogP contribution is 2.24. The second-order valence-electron chi connectivity index (χ2n) is 8.37. The van der Waals surface area contributed by atoms with Crippen molar-refractivity contribution in [2.45, 2.75) is 90.1 Å². The number of hydrogen-bond acceptors (Lipinski definition) is 5. The third-order valence-electron chi connectivity index (χ3n) is 4.96. The molecule has 2 aliphatic heterocycles. The van der Waals surface area contributed by atoms with Crippen molar-refractivity contribution in [3.05, 3.63) is 12.2 Å². The summed E-state index contributed by atoms with van der Waals surface area (Å²) in [4.78, 5) is 18.6. The minimum absolute atomic E-state index is 0.174. The second kappa shape index (κ2) is 7.32. The molecule has 0 aliphatic carbocycles. The monoisotopic (exact) mass is 349 g/mol. The van der Waals surface area contributed by atoms with Crippen LogP contribution < -0.4 is 5.32 Å². The molecule has 25 heavy (non-hydrogen) atoms. The Labute approximate surface area is 150 Å². The molecule has 1 amide bonds. The van der Waals surface area contributed by atoms with Crippen molar-refractivity contribution in [3.63, 3.8) is 0 Å². The molecule has 0 spiro atoms. The van der Waals surface area contributed by atoms with E-state index in [1.54, 1.807) is 6.33 Å². The first-order chi connectivity index (χ1) is 11.8. The fraction of sp³-hybridized carbons (Fsp3) is 0.833. The summed E-state index contributed by atoms with van der Waals surface area (Å²) in [7, 11) is 0. The van der Waals surface area contributed by atoms with Crippen molar-refractivity contribution < 1.29 is 9.53 Å². The van der Waals surface area contributed by atoms with Gasteiger partial charge in [0.2, 0.25) is 0 Å². The van der Waals surface area contributed by atoms with Gasteiger partial charge in [-0.15, -0.1) is 0 Å². The second-order valence-corrected chi connectivity index (χ2v) is 8.37. The van der Waals surface area contributed by atoms with Gasteiger partial charge in [0.15, 0.2) is 0 Å². The lowest BCUT2D eigenvalue weighted by atomic mass is 10.0. The molecule has 3 heterocycles. The van der Waals surface area contributed by atoms with Gasteiger partial charge in [-0.05, 0) is 53.4 Å². The zero-order chi connectivity index (χ0) is 18.0. The summed E-state index contributed by atoms with van der Waals surface area (Å²) < 4.78 is 7.56. The van der Waals surface area contributed by atoms with E-state index in [1.165, 1.54) is 0 Å². The Kier molecular flexibility index (Phi) is 5.32. The topological polar surface area (TPSA) is 72.3 Å². The predicted molar refractivity (Wildman–Crippen MR) is 95.3 cm³/mol. The number of aromatic nitrogens is 3. The summed E-state index contributed by atoms with van der Waals surface area (Å²) in [6.45, 7) is 9.64. The van der Waals surface area contributed by atoms with Crippen LogP contribution in [0.5, 0.6) is 0 Å². The summed E-state index contributed by atoms with van der Waals surface area (Å²) in [5, 5.41) is 8.00. The number of carbonyl (C=O) groups excluding carboxylic acids is 1. The summed E-state index contributed by atoms with van der Waals surface area (Å²) in [6.07, 6.45) is 6.60. The van der Waals surface area contributed by atoms with Crippen LogP contribution in [0.4, 0.5) is 4.79 Å². The fourth-order valence-corrected chi connectivity index (χ4v) is 3.89. The summed E-state index contributed by atoms with van der Waals surface area (Å²) in [5.41, 5.74) is -0.439. The largest absolute Gasteiger partial charge is 0.444 e. The first-order valence-corrected chi connectivity index (χ1v) is 9.44. The first-order valence-electron chi connectivity index (χ1n) is 9.44. The molecule has 1 fully saturated rings. The molecule has 0 radical (unpaired) electrons. The van der Waals surface area contributed by atoms with Gasteiger partial charge in [0, 0.05) is 31.1 Å². The molecule has 0 unspecified atom stereocenters. The Balaban J connectivity index is 1.50. The Morgan fingerprint density at radius 2 is 2.24 bits per heavy atom. The van der Waals surface area contributed by atoms with Gasteiger partial charge in [-0.2, -0.15) is 5.10 Å². The zero-order valence-corrected chi connectivity index (χ0v) is 15.9. The standard InChI is InChI=1S/C18H31N5O2/c1-13(21-14-7-8-16-19-12-20-23(16)11-14)10-15-6-5-9-22(15)17(24)25-18(2,3)4/h12-15,21H,5-11H2,1-4H3/t13-,14+,15+/m1/s1. The number of ether oxygens (including phenoxy) is 1. The molecule has 7 heteroatoms. The van der Waals surface area contributed by atoms with Crippen LogP contribution in [-0.4, -0.2) is 56.0 Å². The van der Waals surface area contributed by atoms with E-state index < -0.39 is 5.60 Å². The quantitative estimate of drug-likeness (QED) is 0.903. The highest BCUT2D eigenvalue weighted by atomic mass is 16.6. The number of fused-ring (bicyclic) bond motifs is 1. The van der Waals surface area contributed by atoms with Crippen LogP contribution >= 0.6 is 0 Å². The SMILES string of the molecule is C[C@H](C[C@@H]1CCCN1C(=O)OC(C)(C)C)N[C@H]1CCc2ncnn2C1. The van der Waals surface area contributed by atoms with Gasteiger partial charge in [-0.25, -0.2) is 14.5 Å². The van der Waals surface area contributed by atoms with Crippen molar-refractivity contribution in [2.24, 2.45) is 0 Å².